The van der Waals surface area contributed by atoms with Gasteiger partial charge >= 0.3 is 0 Å². The van der Waals surface area contributed by atoms with E-state index in [2.05, 4.69) is 24.5 Å². The average molecular weight is 405 g/mol. The maximum Gasteiger partial charge on any atom is 0.220 e. The van der Waals surface area contributed by atoms with Gasteiger partial charge in [-0.15, -0.1) is 0 Å². The van der Waals surface area contributed by atoms with E-state index in [1.807, 2.05) is 36.4 Å². The first-order valence-electron chi connectivity index (χ1n) is 8.95. The van der Waals surface area contributed by atoms with Crippen molar-refractivity contribution in [3.05, 3.63) is 63.6 Å². The van der Waals surface area contributed by atoms with Crippen molar-refractivity contribution < 1.29 is 9.59 Å². The van der Waals surface area contributed by atoms with Gasteiger partial charge in [0.1, 0.15) is 0 Å². The van der Waals surface area contributed by atoms with Crippen molar-refractivity contribution in [2.24, 2.45) is 11.8 Å². The molecule has 142 valence electrons. The summed E-state index contributed by atoms with van der Waals surface area (Å²) in [7, 11) is 0. The van der Waals surface area contributed by atoms with E-state index in [0.717, 1.165) is 11.1 Å². The molecule has 1 aliphatic rings. The zero-order chi connectivity index (χ0) is 19.6. The van der Waals surface area contributed by atoms with E-state index in [4.69, 9.17) is 23.2 Å². The summed E-state index contributed by atoms with van der Waals surface area (Å²) in [5.41, 5.74) is 2.56. The topological polar surface area (TPSA) is 58.2 Å². The lowest BCUT2D eigenvalue weighted by Crippen LogP contribution is -2.44. The second-order valence-electron chi connectivity index (χ2n) is 7.23. The molecule has 2 N–H and O–H groups in total. The first-order chi connectivity index (χ1) is 12.9. The number of rotatable bonds is 5. The Kier molecular flexibility index (Phi) is 6.08. The van der Waals surface area contributed by atoms with Gasteiger partial charge in [-0.25, -0.2) is 0 Å². The van der Waals surface area contributed by atoms with Crippen molar-refractivity contribution in [3.63, 3.8) is 0 Å². The van der Waals surface area contributed by atoms with Crippen LogP contribution in [0.3, 0.4) is 0 Å². The highest BCUT2D eigenvalue weighted by Crippen LogP contribution is 2.47. The number of anilines is 1. The smallest absolute Gasteiger partial charge is 0.220 e. The normalized spacial score (nSPS) is 22.4. The maximum absolute atomic E-state index is 12.5. The number of piperidine rings is 1. The SMILES string of the molecule is CC(C)[C@H]1CC(=O)N[C@@H](c2cccc(Cl)c2)C1c1ccc(Cl)cc1NC=O. The summed E-state index contributed by atoms with van der Waals surface area (Å²) in [4.78, 5) is 23.6. The third-order valence-electron chi connectivity index (χ3n) is 5.21. The summed E-state index contributed by atoms with van der Waals surface area (Å²) in [5, 5.41) is 7.06. The van der Waals surface area contributed by atoms with Gasteiger partial charge in [0, 0.05) is 28.1 Å². The quantitative estimate of drug-likeness (QED) is 0.674. The Labute approximate surface area is 169 Å². The molecule has 27 heavy (non-hydrogen) atoms. The molecule has 3 atom stereocenters. The minimum absolute atomic E-state index is 0.0220. The van der Waals surface area contributed by atoms with Gasteiger partial charge in [-0.1, -0.05) is 55.2 Å². The number of amides is 2. The van der Waals surface area contributed by atoms with Gasteiger partial charge in [-0.05, 0) is 47.2 Å². The summed E-state index contributed by atoms with van der Waals surface area (Å²) in [6.07, 6.45) is 1.08. The van der Waals surface area contributed by atoms with Crippen molar-refractivity contribution in [2.45, 2.75) is 32.2 Å². The molecule has 2 aromatic carbocycles. The van der Waals surface area contributed by atoms with Crippen LogP contribution in [0.5, 0.6) is 0 Å². The van der Waals surface area contributed by atoms with Gasteiger partial charge in [0.15, 0.2) is 0 Å². The molecular formula is C21H22Cl2N2O2. The second kappa shape index (κ2) is 8.32. The molecule has 1 fully saturated rings. The predicted octanol–water partition coefficient (Wildman–Crippen LogP) is 5.18. The lowest BCUT2D eigenvalue weighted by Gasteiger charge is -2.41. The van der Waals surface area contributed by atoms with E-state index in [9.17, 15) is 9.59 Å². The van der Waals surface area contributed by atoms with Gasteiger partial charge in [-0.3, -0.25) is 9.59 Å². The lowest BCUT2D eigenvalue weighted by atomic mass is 9.69. The summed E-state index contributed by atoms with van der Waals surface area (Å²) in [6, 6.07) is 12.8. The third-order valence-corrected chi connectivity index (χ3v) is 5.68. The van der Waals surface area contributed by atoms with Crippen molar-refractivity contribution in [3.8, 4) is 0 Å². The first kappa shape index (κ1) is 19.7. The monoisotopic (exact) mass is 404 g/mol. The van der Waals surface area contributed by atoms with E-state index < -0.39 is 0 Å². The molecule has 2 amide bonds. The molecular weight excluding hydrogens is 383 g/mol. The van der Waals surface area contributed by atoms with Crippen molar-refractivity contribution in [1.82, 2.24) is 5.32 Å². The molecule has 0 spiro atoms. The van der Waals surface area contributed by atoms with Crippen LogP contribution < -0.4 is 10.6 Å². The fourth-order valence-electron chi connectivity index (χ4n) is 3.97. The van der Waals surface area contributed by atoms with Crippen molar-refractivity contribution in [2.75, 3.05) is 5.32 Å². The molecule has 0 aromatic heterocycles. The third kappa shape index (κ3) is 4.28. The number of carbonyl (C=O) groups excluding carboxylic acids is 2. The molecule has 0 saturated carbocycles. The number of hydrogen-bond acceptors (Lipinski definition) is 2. The predicted molar refractivity (Wildman–Crippen MR) is 109 cm³/mol. The van der Waals surface area contributed by atoms with E-state index in [-0.39, 0.29) is 29.7 Å². The number of halogens is 2. The molecule has 0 radical (unpaired) electrons. The van der Waals surface area contributed by atoms with Crippen LogP contribution in [0.1, 0.15) is 43.4 Å². The van der Waals surface area contributed by atoms with E-state index in [0.29, 0.717) is 28.6 Å². The zero-order valence-electron chi connectivity index (χ0n) is 15.2. The molecule has 1 unspecified atom stereocenters. The summed E-state index contributed by atoms with van der Waals surface area (Å²) >= 11 is 12.4. The van der Waals surface area contributed by atoms with Crippen LogP contribution in [0.25, 0.3) is 0 Å². The largest absolute Gasteiger partial charge is 0.349 e. The fourth-order valence-corrected chi connectivity index (χ4v) is 4.34. The molecule has 1 saturated heterocycles. The summed E-state index contributed by atoms with van der Waals surface area (Å²) < 4.78 is 0. The van der Waals surface area contributed by atoms with Crippen molar-refractivity contribution >= 4 is 41.2 Å². The van der Waals surface area contributed by atoms with Crippen LogP contribution in [0, 0.1) is 11.8 Å². The van der Waals surface area contributed by atoms with Crippen LogP contribution >= 0.6 is 23.2 Å². The number of hydrogen-bond donors (Lipinski definition) is 2. The molecule has 3 rings (SSSR count). The molecule has 2 aromatic rings. The van der Waals surface area contributed by atoms with Crippen LogP contribution in [0.2, 0.25) is 10.0 Å². The zero-order valence-corrected chi connectivity index (χ0v) is 16.7. The van der Waals surface area contributed by atoms with E-state index >= 15 is 0 Å². The second-order valence-corrected chi connectivity index (χ2v) is 8.10. The number of benzene rings is 2. The summed E-state index contributed by atoms with van der Waals surface area (Å²) in [5.74, 6) is 0.383. The highest BCUT2D eigenvalue weighted by molar-refractivity contribution is 6.31. The van der Waals surface area contributed by atoms with Gasteiger partial charge in [0.2, 0.25) is 12.3 Å². The molecule has 4 nitrogen and oxygen atoms in total. The highest BCUT2D eigenvalue weighted by Gasteiger charge is 2.41. The van der Waals surface area contributed by atoms with Gasteiger partial charge in [-0.2, -0.15) is 0 Å². The lowest BCUT2D eigenvalue weighted by molar-refractivity contribution is -0.126. The van der Waals surface area contributed by atoms with Crippen LogP contribution in [0.15, 0.2) is 42.5 Å². The maximum atomic E-state index is 12.5. The Morgan fingerprint density at radius 3 is 2.56 bits per heavy atom. The van der Waals surface area contributed by atoms with Crippen molar-refractivity contribution in [1.29, 1.82) is 0 Å². The fraction of sp³-hybridized carbons (Fsp3) is 0.333. The Morgan fingerprint density at radius 2 is 1.89 bits per heavy atom. The Morgan fingerprint density at radius 1 is 1.15 bits per heavy atom. The Bertz CT molecular complexity index is 854. The van der Waals surface area contributed by atoms with Gasteiger partial charge < -0.3 is 10.6 Å². The Balaban J connectivity index is 2.16. The van der Waals surface area contributed by atoms with E-state index in [1.54, 1.807) is 6.07 Å². The molecule has 6 heteroatoms. The minimum atomic E-state index is -0.245. The van der Waals surface area contributed by atoms with Gasteiger partial charge in [0.05, 0.1) is 6.04 Å². The van der Waals surface area contributed by atoms with Crippen LogP contribution in [-0.2, 0) is 9.59 Å². The molecule has 0 aliphatic carbocycles. The summed E-state index contributed by atoms with van der Waals surface area (Å²) in [6.45, 7) is 4.24. The number of carbonyl (C=O) groups is 2. The molecule has 1 heterocycles. The molecule has 0 bridgehead atoms. The highest BCUT2D eigenvalue weighted by atomic mass is 35.5. The van der Waals surface area contributed by atoms with Gasteiger partial charge in [0.25, 0.3) is 0 Å². The minimum Gasteiger partial charge on any atom is -0.349 e. The molecule has 1 aliphatic heterocycles. The van der Waals surface area contributed by atoms with E-state index in [1.165, 1.54) is 0 Å². The Hall–Kier alpha value is -2.04. The number of nitrogens with one attached hydrogen (secondary N) is 2. The standard InChI is InChI=1S/C21H22Cl2N2O2/c1-12(2)17-10-19(27)25-21(13-4-3-5-14(22)8-13)20(17)16-7-6-15(23)9-18(16)24-11-26/h3-9,11-12,17,20-21H,10H2,1-2H3,(H,24,26)(H,25,27)/t17-,20?,21+/m1/s1. The van der Waals surface area contributed by atoms with Crippen LogP contribution in [0.4, 0.5) is 5.69 Å². The average Bonchev–Trinajstić information content (AvgIpc) is 2.62. The van der Waals surface area contributed by atoms with Crippen LogP contribution in [-0.4, -0.2) is 12.3 Å². The first-order valence-corrected chi connectivity index (χ1v) is 9.70.